The molecule has 122 valence electrons. The number of aromatic nitrogens is 1. The zero-order valence-electron chi connectivity index (χ0n) is 11.8. The number of alkyl halides is 3. The Kier molecular flexibility index (Phi) is 3.88. The van der Waals surface area contributed by atoms with E-state index in [9.17, 15) is 22.8 Å². The second-order valence-electron chi connectivity index (χ2n) is 4.95. The van der Waals surface area contributed by atoms with Gasteiger partial charge in [-0.2, -0.15) is 13.2 Å². The summed E-state index contributed by atoms with van der Waals surface area (Å²) in [7, 11) is 0. The molecule has 0 atom stereocenters. The highest BCUT2D eigenvalue weighted by Crippen LogP contribution is 2.31. The molecule has 0 saturated heterocycles. The Balaban J connectivity index is 1.94. The highest BCUT2D eigenvalue weighted by molar-refractivity contribution is 6.50. The first-order chi connectivity index (χ1) is 11.3. The summed E-state index contributed by atoms with van der Waals surface area (Å²) in [5.41, 5.74) is -0.785. The number of nitrogens with zero attached hydrogens (tertiary/aromatic N) is 1. The van der Waals surface area contributed by atoms with Crippen molar-refractivity contribution in [1.82, 2.24) is 4.98 Å². The predicted molar refractivity (Wildman–Crippen MR) is 80.8 cm³/mol. The molecule has 4 nitrogen and oxygen atoms in total. The zero-order valence-corrected chi connectivity index (χ0v) is 12.6. The number of fused-ring (bicyclic) bond motifs is 1. The number of carbonyl (C=O) groups is 2. The molecule has 1 heterocycles. The van der Waals surface area contributed by atoms with Crippen molar-refractivity contribution in [1.29, 1.82) is 0 Å². The van der Waals surface area contributed by atoms with Gasteiger partial charge in [-0.25, -0.2) is 0 Å². The summed E-state index contributed by atoms with van der Waals surface area (Å²) in [6, 6.07) is 6.95. The Morgan fingerprint density at radius 3 is 2.29 bits per heavy atom. The lowest BCUT2D eigenvalue weighted by molar-refractivity contribution is -0.137. The molecule has 0 aliphatic heterocycles. The van der Waals surface area contributed by atoms with Crippen LogP contribution in [0.3, 0.4) is 0 Å². The summed E-state index contributed by atoms with van der Waals surface area (Å²) >= 11 is 5.94. The Hall–Kier alpha value is -2.67. The molecule has 0 fully saturated rings. The maximum Gasteiger partial charge on any atom is 0.416 e. The van der Waals surface area contributed by atoms with Crippen LogP contribution in [0.5, 0.6) is 0 Å². The Morgan fingerprint density at radius 2 is 1.67 bits per heavy atom. The number of rotatable bonds is 2. The minimum atomic E-state index is -4.46. The molecule has 1 aromatic heterocycles. The number of carbonyl (C=O) groups excluding carboxylic acids is 2. The van der Waals surface area contributed by atoms with Crippen molar-refractivity contribution < 1.29 is 22.8 Å². The first-order valence-electron chi connectivity index (χ1n) is 6.67. The summed E-state index contributed by atoms with van der Waals surface area (Å²) in [5, 5.41) is 2.26. The van der Waals surface area contributed by atoms with Crippen LogP contribution in [-0.4, -0.2) is 16.6 Å². The van der Waals surface area contributed by atoms with Crippen LogP contribution in [-0.2, 0) is 6.18 Å². The number of pyridine rings is 1. The average molecular weight is 353 g/mol. The van der Waals surface area contributed by atoms with Crippen molar-refractivity contribution in [2.24, 2.45) is 0 Å². The van der Waals surface area contributed by atoms with Crippen molar-refractivity contribution in [2.75, 3.05) is 5.32 Å². The van der Waals surface area contributed by atoms with Crippen LogP contribution in [0.4, 0.5) is 18.9 Å². The van der Waals surface area contributed by atoms with Gasteiger partial charge in [-0.15, -0.1) is 0 Å². The van der Waals surface area contributed by atoms with Crippen LogP contribution in [0.25, 0.3) is 0 Å². The van der Waals surface area contributed by atoms with Gasteiger partial charge in [0.15, 0.2) is 0 Å². The Labute approximate surface area is 139 Å². The zero-order chi connectivity index (χ0) is 17.5. The lowest BCUT2D eigenvalue weighted by Gasteiger charge is -2.18. The van der Waals surface area contributed by atoms with Crippen LogP contribution in [0, 0.1) is 0 Å². The largest absolute Gasteiger partial charge is 0.416 e. The van der Waals surface area contributed by atoms with Crippen molar-refractivity contribution in [2.45, 2.75) is 6.18 Å². The first-order valence-corrected chi connectivity index (χ1v) is 7.05. The first kappa shape index (κ1) is 16.2. The lowest BCUT2D eigenvalue weighted by atomic mass is 9.96. The number of ketones is 2. The average Bonchev–Trinajstić information content (AvgIpc) is 2.56. The highest BCUT2D eigenvalue weighted by atomic mass is 35.5. The second kappa shape index (κ2) is 5.76. The van der Waals surface area contributed by atoms with Gasteiger partial charge in [0.25, 0.3) is 0 Å². The molecule has 24 heavy (non-hydrogen) atoms. The molecule has 1 aliphatic carbocycles. The third-order valence-corrected chi connectivity index (χ3v) is 3.76. The van der Waals surface area contributed by atoms with Gasteiger partial charge in [-0.05, 0) is 36.4 Å². The fraction of sp³-hybridized carbons (Fsp3) is 0.0625. The van der Waals surface area contributed by atoms with Crippen molar-refractivity contribution in [3.8, 4) is 0 Å². The van der Waals surface area contributed by atoms with E-state index in [1.165, 1.54) is 18.3 Å². The number of hydrogen-bond acceptors (Lipinski definition) is 4. The molecule has 0 spiro atoms. The maximum atomic E-state index is 12.6. The van der Waals surface area contributed by atoms with Crippen LogP contribution in [0.15, 0.2) is 53.3 Å². The minimum absolute atomic E-state index is 0.0505. The summed E-state index contributed by atoms with van der Waals surface area (Å²) in [6.45, 7) is 0. The van der Waals surface area contributed by atoms with Crippen LogP contribution in [0.2, 0.25) is 0 Å². The fourth-order valence-corrected chi connectivity index (χ4v) is 2.44. The van der Waals surface area contributed by atoms with Gasteiger partial charge < -0.3 is 5.32 Å². The summed E-state index contributed by atoms with van der Waals surface area (Å²) in [5.74, 6) is -1.18. The van der Waals surface area contributed by atoms with Gasteiger partial charge >= 0.3 is 6.18 Å². The Bertz CT molecular complexity index is 874. The van der Waals surface area contributed by atoms with E-state index in [2.05, 4.69) is 10.3 Å². The van der Waals surface area contributed by atoms with Gasteiger partial charge in [-0.1, -0.05) is 11.6 Å². The van der Waals surface area contributed by atoms with Crippen molar-refractivity contribution >= 4 is 28.9 Å². The van der Waals surface area contributed by atoms with Gasteiger partial charge in [-0.3, -0.25) is 14.6 Å². The molecule has 1 N–H and O–H groups in total. The summed E-state index contributed by atoms with van der Waals surface area (Å²) < 4.78 is 37.7. The number of anilines is 1. The summed E-state index contributed by atoms with van der Waals surface area (Å²) in [4.78, 5) is 28.4. The molecule has 2 aromatic rings. The molecule has 0 amide bonds. The number of allylic oxidation sites excluding steroid dienone is 2. The molecule has 3 rings (SSSR count). The normalized spacial score (nSPS) is 14.7. The monoisotopic (exact) mass is 352 g/mol. The standard InChI is InChI=1S/C16H8ClF3N2O2/c17-11-13(14(23)10-2-1-7-21-12(10)15(11)24)22-9-5-3-8(4-6-9)16(18,19)20/h1-7,22H. The van der Waals surface area contributed by atoms with Crippen molar-refractivity contribution in [3.05, 3.63) is 70.1 Å². The minimum Gasteiger partial charge on any atom is -0.351 e. The maximum absolute atomic E-state index is 12.6. The number of benzene rings is 1. The molecule has 0 unspecified atom stereocenters. The lowest BCUT2D eigenvalue weighted by Crippen LogP contribution is -2.25. The number of hydrogen-bond donors (Lipinski definition) is 1. The Morgan fingerprint density at radius 1 is 1.00 bits per heavy atom. The van der Waals surface area contributed by atoms with Gasteiger partial charge in [0.2, 0.25) is 11.6 Å². The molecule has 0 radical (unpaired) electrons. The fourth-order valence-electron chi connectivity index (χ4n) is 2.22. The molecule has 0 saturated carbocycles. The van der Waals surface area contributed by atoms with Crippen LogP contribution in [0.1, 0.15) is 26.4 Å². The number of halogens is 4. The number of Topliss-reactive ketones (excluding diaryl/α,β-unsaturated/α-hetero) is 2. The van der Waals surface area contributed by atoms with Crippen LogP contribution < -0.4 is 5.32 Å². The molecule has 0 bridgehead atoms. The van der Waals surface area contributed by atoms with E-state index in [0.29, 0.717) is 0 Å². The smallest absolute Gasteiger partial charge is 0.351 e. The third-order valence-electron chi connectivity index (χ3n) is 3.39. The van der Waals surface area contributed by atoms with Gasteiger partial charge in [0.1, 0.15) is 16.4 Å². The quantitative estimate of drug-likeness (QED) is 0.886. The van der Waals surface area contributed by atoms with Gasteiger partial charge in [0.05, 0.1) is 11.1 Å². The van der Waals surface area contributed by atoms with E-state index < -0.39 is 23.3 Å². The topological polar surface area (TPSA) is 59.1 Å². The summed E-state index contributed by atoms with van der Waals surface area (Å²) in [6.07, 6.45) is -3.10. The van der Waals surface area contributed by atoms with E-state index in [1.54, 1.807) is 0 Å². The molecule has 8 heteroatoms. The van der Waals surface area contributed by atoms with E-state index in [-0.39, 0.29) is 27.7 Å². The molecule has 1 aliphatic rings. The van der Waals surface area contributed by atoms with E-state index in [4.69, 9.17) is 11.6 Å². The van der Waals surface area contributed by atoms with Crippen LogP contribution >= 0.6 is 11.6 Å². The van der Waals surface area contributed by atoms with E-state index >= 15 is 0 Å². The highest BCUT2D eigenvalue weighted by Gasteiger charge is 2.33. The van der Waals surface area contributed by atoms with Gasteiger partial charge in [0, 0.05) is 11.9 Å². The van der Waals surface area contributed by atoms with Crippen molar-refractivity contribution in [3.63, 3.8) is 0 Å². The third kappa shape index (κ3) is 2.78. The second-order valence-corrected chi connectivity index (χ2v) is 5.32. The SMILES string of the molecule is O=C1C(Nc2ccc(C(F)(F)F)cc2)=C(Cl)C(=O)c2ncccc21. The molecular formula is C16H8ClF3N2O2. The molecular weight excluding hydrogens is 345 g/mol. The number of nitrogens with one attached hydrogen (secondary N) is 1. The van der Waals surface area contributed by atoms with E-state index in [0.717, 1.165) is 24.3 Å². The van der Waals surface area contributed by atoms with E-state index in [1.807, 2.05) is 0 Å². The predicted octanol–water partition coefficient (Wildman–Crippen LogP) is 4.04. The molecule has 1 aromatic carbocycles.